The quantitative estimate of drug-likeness (QED) is 0.434. The average molecular weight is 377 g/mol. The van der Waals surface area contributed by atoms with Crippen molar-refractivity contribution >= 4 is 23.1 Å². The molecular weight excluding hydrogens is 354 g/mol. The van der Waals surface area contributed by atoms with Gasteiger partial charge in [-0.2, -0.15) is 0 Å². The van der Waals surface area contributed by atoms with Crippen LogP contribution in [0, 0.1) is 0 Å². The smallest absolute Gasteiger partial charge is 0.355 e. The number of rotatable bonds is 12. The molecule has 0 spiro atoms. The van der Waals surface area contributed by atoms with Crippen molar-refractivity contribution in [2.75, 3.05) is 13.2 Å². The number of aromatic nitrogens is 1. The Morgan fingerprint density at radius 2 is 1.69 bits per heavy atom. The van der Waals surface area contributed by atoms with Gasteiger partial charge in [-0.1, -0.05) is 32.6 Å². The molecule has 2 rings (SSSR count). The summed E-state index contributed by atoms with van der Waals surface area (Å²) in [6.45, 7) is 2.69. The normalized spacial score (nSPS) is 10.5. The fraction of sp³-hybridized carbons (Fsp3) is 0.421. The fourth-order valence-corrected chi connectivity index (χ4v) is 2.96. The lowest BCUT2D eigenvalue weighted by molar-refractivity contribution is 0.0691. The number of thiazole rings is 1. The van der Waals surface area contributed by atoms with Crippen molar-refractivity contribution in [2.45, 2.75) is 39.0 Å². The van der Waals surface area contributed by atoms with Gasteiger partial charge in [-0.3, -0.25) is 4.79 Å². The predicted octanol–water partition coefficient (Wildman–Crippen LogP) is 4.45. The number of carbonyl (C=O) groups is 2. The Morgan fingerprint density at radius 3 is 2.31 bits per heavy atom. The molecule has 0 aliphatic carbocycles. The minimum Gasteiger partial charge on any atom is -0.494 e. The first-order valence-corrected chi connectivity index (χ1v) is 9.55. The molecule has 0 bridgehead atoms. The van der Waals surface area contributed by atoms with Crippen LogP contribution >= 0.6 is 11.3 Å². The van der Waals surface area contributed by atoms with E-state index in [-0.39, 0.29) is 23.1 Å². The van der Waals surface area contributed by atoms with Gasteiger partial charge in [-0.15, -0.1) is 11.3 Å². The van der Waals surface area contributed by atoms with Crippen molar-refractivity contribution < 1.29 is 24.2 Å². The molecule has 7 heteroatoms. The Morgan fingerprint density at radius 1 is 1.04 bits per heavy atom. The van der Waals surface area contributed by atoms with E-state index < -0.39 is 5.97 Å². The number of hydrogen-bond donors (Lipinski definition) is 1. The lowest BCUT2D eigenvalue weighted by Crippen LogP contribution is -2.12. The number of nitrogens with zero attached hydrogens (tertiary/aromatic N) is 1. The molecule has 0 amide bonds. The molecule has 1 aromatic carbocycles. The van der Waals surface area contributed by atoms with Crippen LogP contribution in [0.4, 0.5) is 0 Å². The van der Waals surface area contributed by atoms with E-state index in [0.717, 1.165) is 23.5 Å². The molecule has 2 aromatic rings. The summed E-state index contributed by atoms with van der Waals surface area (Å²) >= 11 is 0.998. The van der Waals surface area contributed by atoms with Crippen molar-refractivity contribution in [3.05, 3.63) is 40.3 Å². The van der Waals surface area contributed by atoms with Gasteiger partial charge in [0.2, 0.25) is 5.78 Å². The summed E-state index contributed by atoms with van der Waals surface area (Å²) in [6, 6.07) is 7.09. The Labute approximate surface area is 156 Å². The molecule has 140 valence electrons. The van der Waals surface area contributed by atoms with Gasteiger partial charge < -0.3 is 14.6 Å². The van der Waals surface area contributed by atoms with E-state index in [0.29, 0.717) is 12.4 Å². The van der Waals surface area contributed by atoms with Crippen molar-refractivity contribution in [1.29, 1.82) is 0 Å². The van der Waals surface area contributed by atoms with Gasteiger partial charge in [0, 0.05) is 5.38 Å². The largest absolute Gasteiger partial charge is 0.494 e. The molecule has 0 saturated carbocycles. The second-order valence-corrected chi connectivity index (χ2v) is 6.65. The second-order valence-electron chi connectivity index (χ2n) is 5.79. The molecule has 0 fully saturated rings. The molecule has 26 heavy (non-hydrogen) atoms. The Hall–Kier alpha value is -2.41. The Kier molecular flexibility index (Phi) is 8.08. The first kappa shape index (κ1) is 19.9. The van der Waals surface area contributed by atoms with Crippen LogP contribution in [0.5, 0.6) is 11.5 Å². The maximum absolute atomic E-state index is 12.0. The summed E-state index contributed by atoms with van der Waals surface area (Å²) in [5.74, 6) is -0.189. The maximum atomic E-state index is 12.0. The molecule has 1 heterocycles. The van der Waals surface area contributed by atoms with Crippen LogP contribution in [0.25, 0.3) is 0 Å². The lowest BCUT2D eigenvalue weighted by atomic mass is 10.2. The van der Waals surface area contributed by atoms with Gasteiger partial charge in [-0.25, -0.2) is 9.78 Å². The van der Waals surface area contributed by atoms with Gasteiger partial charge in [0.15, 0.2) is 17.3 Å². The highest BCUT2D eigenvalue weighted by Gasteiger charge is 2.15. The van der Waals surface area contributed by atoms with Crippen LogP contribution < -0.4 is 9.47 Å². The van der Waals surface area contributed by atoms with E-state index in [1.807, 2.05) is 0 Å². The van der Waals surface area contributed by atoms with Crippen LogP contribution in [0.1, 0.15) is 59.3 Å². The molecule has 0 radical (unpaired) electrons. The first-order chi connectivity index (χ1) is 12.6. The zero-order valence-electron chi connectivity index (χ0n) is 14.8. The topological polar surface area (TPSA) is 85.7 Å². The molecule has 0 atom stereocenters. The average Bonchev–Trinajstić information content (AvgIpc) is 3.14. The monoisotopic (exact) mass is 377 g/mol. The zero-order valence-corrected chi connectivity index (χ0v) is 15.6. The number of ether oxygens (including phenoxy) is 2. The van der Waals surface area contributed by atoms with Crippen LogP contribution in [0.2, 0.25) is 0 Å². The third-order valence-electron chi connectivity index (χ3n) is 3.67. The summed E-state index contributed by atoms with van der Waals surface area (Å²) in [6.07, 6.45) is 5.96. The number of unbranched alkanes of at least 4 members (excludes halogenated alkanes) is 4. The number of Topliss-reactive ketones (excluding diaryl/α,β-unsaturated/α-hetero) is 1. The molecular formula is C19H23NO5S. The van der Waals surface area contributed by atoms with Crippen LogP contribution in [-0.4, -0.2) is 35.1 Å². The molecule has 1 N–H and O–H groups in total. The van der Waals surface area contributed by atoms with Crippen molar-refractivity contribution in [1.82, 2.24) is 4.98 Å². The van der Waals surface area contributed by atoms with E-state index in [2.05, 4.69) is 11.9 Å². The fourth-order valence-electron chi connectivity index (χ4n) is 2.24. The minimum absolute atomic E-state index is 0.130. The highest BCUT2D eigenvalue weighted by atomic mass is 32.1. The highest BCUT2D eigenvalue weighted by Crippen LogP contribution is 2.19. The number of carbonyl (C=O) groups excluding carboxylic acids is 1. The van der Waals surface area contributed by atoms with E-state index >= 15 is 0 Å². The summed E-state index contributed by atoms with van der Waals surface area (Å²) in [7, 11) is 0. The zero-order chi connectivity index (χ0) is 18.8. The van der Waals surface area contributed by atoms with E-state index in [1.165, 1.54) is 31.1 Å². The van der Waals surface area contributed by atoms with Crippen molar-refractivity contribution in [3.8, 4) is 11.5 Å². The predicted molar refractivity (Wildman–Crippen MR) is 99.6 cm³/mol. The molecule has 0 saturated heterocycles. The van der Waals surface area contributed by atoms with Gasteiger partial charge in [-0.05, 0) is 30.7 Å². The van der Waals surface area contributed by atoms with E-state index in [4.69, 9.17) is 14.6 Å². The maximum Gasteiger partial charge on any atom is 0.355 e. The molecule has 6 nitrogen and oxygen atoms in total. The molecule has 0 aliphatic heterocycles. The third kappa shape index (κ3) is 6.48. The molecule has 0 unspecified atom stereocenters. The van der Waals surface area contributed by atoms with Crippen LogP contribution in [0.3, 0.4) is 0 Å². The van der Waals surface area contributed by atoms with E-state index in [1.54, 1.807) is 24.3 Å². The van der Waals surface area contributed by atoms with Gasteiger partial charge in [0.05, 0.1) is 6.61 Å². The number of ketones is 1. The molecule has 0 aliphatic rings. The van der Waals surface area contributed by atoms with Crippen LogP contribution in [-0.2, 0) is 0 Å². The van der Waals surface area contributed by atoms with Gasteiger partial charge in [0.1, 0.15) is 11.5 Å². The SMILES string of the molecule is CCCCCCCOc1ccc(OCC(=O)c2nc(C(=O)O)cs2)cc1. The summed E-state index contributed by atoms with van der Waals surface area (Å²) < 4.78 is 11.1. The summed E-state index contributed by atoms with van der Waals surface area (Å²) in [5, 5.41) is 10.3. The summed E-state index contributed by atoms with van der Waals surface area (Å²) in [5.41, 5.74) is -0.130. The van der Waals surface area contributed by atoms with E-state index in [9.17, 15) is 9.59 Å². The number of carboxylic acids is 1. The Bertz CT molecular complexity index is 711. The van der Waals surface area contributed by atoms with Crippen LogP contribution in [0.15, 0.2) is 29.6 Å². The number of benzene rings is 1. The number of hydrogen-bond acceptors (Lipinski definition) is 6. The first-order valence-electron chi connectivity index (χ1n) is 8.68. The highest BCUT2D eigenvalue weighted by molar-refractivity contribution is 7.12. The number of carboxylic acid groups (broad SMARTS) is 1. The number of aromatic carboxylic acids is 1. The van der Waals surface area contributed by atoms with Crippen molar-refractivity contribution in [2.24, 2.45) is 0 Å². The standard InChI is InChI=1S/C19H23NO5S/c1-2-3-4-5-6-11-24-14-7-9-15(10-8-14)25-12-17(21)18-20-16(13-26-18)19(22)23/h7-10,13H,2-6,11-12H2,1H3,(H,22,23). The Balaban J connectivity index is 1.72. The minimum atomic E-state index is -1.15. The van der Waals surface area contributed by atoms with Gasteiger partial charge >= 0.3 is 5.97 Å². The van der Waals surface area contributed by atoms with Gasteiger partial charge in [0.25, 0.3) is 0 Å². The second kappa shape index (κ2) is 10.6. The van der Waals surface area contributed by atoms with Crippen molar-refractivity contribution in [3.63, 3.8) is 0 Å². The summed E-state index contributed by atoms with van der Waals surface area (Å²) in [4.78, 5) is 26.5. The third-order valence-corrected chi connectivity index (χ3v) is 4.56. The molecule has 1 aromatic heterocycles. The lowest BCUT2D eigenvalue weighted by Gasteiger charge is -2.08.